The second-order valence-electron chi connectivity index (χ2n) is 6.91. The first-order chi connectivity index (χ1) is 13.3. The number of nitrogens with zero attached hydrogens (tertiary/aromatic N) is 1. The molecule has 0 saturated carbocycles. The zero-order chi connectivity index (χ0) is 21.9. The average Bonchev–Trinajstić information content (AvgIpc) is 3.03. The second-order valence-corrected chi connectivity index (χ2v) is 6.91. The Morgan fingerprint density at radius 3 is 2.07 bits per heavy atom. The van der Waals surface area contributed by atoms with Crippen LogP contribution in [0.5, 0.6) is 0 Å². The van der Waals surface area contributed by atoms with Gasteiger partial charge in [-0.25, -0.2) is 9.59 Å². The highest BCUT2D eigenvalue weighted by Gasteiger charge is 2.63. The average molecular weight is 413 g/mol. The van der Waals surface area contributed by atoms with Crippen LogP contribution in [-0.4, -0.2) is 28.6 Å². The third-order valence-corrected chi connectivity index (χ3v) is 4.91. The number of aryl methyl sites for hydroxylation is 1. The van der Waals surface area contributed by atoms with Gasteiger partial charge in [0.15, 0.2) is 0 Å². The highest BCUT2D eigenvalue weighted by Crippen LogP contribution is 2.51. The summed E-state index contributed by atoms with van der Waals surface area (Å²) in [6, 6.07) is 6.03. The normalized spacial score (nSPS) is 17.2. The van der Waals surface area contributed by atoms with Crippen LogP contribution in [0.1, 0.15) is 25.1 Å². The number of fused-ring (bicyclic) bond motifs is 1. The highest BCUT2D eigenvalue weighted by atomic mass is 19.4. The summed E-state index contributed by atoms with van der Waals surface area (Å²) in [7, 11) is 1.51. The van der Waals surface area contributed by atoms with Gasteiger partial charge in [0.2, 0.25) is 0 Å². The number of allylic oxidation sites excluding steroid dienone is 2. The number of alkyl halides is 5. The third kappa shape index (κ3) is 2.95. The molecule has 4 nitrogen and oxygen atoms in total. The largest absolute Gasteiger partial charge is 0.458 e. The van der Waals surface area contributed by atoms with Crippen LogP contribution in [-0.2, 0) is 21.4 Å². The number of hydrogen-bond acceptors (Lipinski definition) is 3. The fourth-order valence-corrected chi connectivity index (χ4v) is 3.49. The van der Waals surface area contributed by atoms with E-state index >= 15 is 0 Å². The molecule has 3 rings (SSSR count). The molecule has 0 aliphatic carbocycles. The molecule has 0 N–H and O–H groups in total. The van der Waals surface area contributed by atoms with Crippen molar-refractivity contribution in [2.24, 2.45) is 7.05 Å². The van der Waals surface area contributed by atoms with Crippen LogP contribution in [0.4, 0.5) is 22.0 Å². The number of cyclic esters (lactones) is 2. The Morgan fingerprint density at radius 1 is 0.966 bits per heavy atom. The number of benzene rings is 1. The van der Waals surface area contributed by atoms with E-state index in [0.29, 0.717) is 5.52 Å². The minimum Gasteiger partial charge on any atom is -0.386 e. The Labute approximate surface area is 162 Å². The molecule has 0 amide bonds. The molecule has 9 heteroatoms. The molecule has 1 aromatic heterocycles. The monoisotopic (exact) mass is 413 g/mol. The first kappa shape index (κ1) is 20.8. The van der Waals surface area contributed by atoms with Crippen molar-refractivity contribution < 1.29 is 36.3 Å². The lowest BCUT2D eigenvalue weighted by atomic mass is 9.87. The van der Waals surface area contributed by atoms with Crippen molar-refractivity contribution in [3.8, 4) is 0 Å². The van der Waals surface area contributed by atoms with Crippen LogP contribution in [0.15, 0.2) is 41.0 Å². The maximum atomic E-state index is 14.9. The van der Waals surface area contributed by atoms with Gasteiger partial charge in [-0.1, -0.05) is 23.8 Å². The molecular formula is C20H16F5NO3. The minimum absolute atomic E-state index is 0.0814. The molecule has 1 aliphatic heterocycles. The van der Waals surface area contributed by atoms with Crippen molar-refractivity contribution >= 4 is 28.4 Å². The molecule has 1 saturated heterocycles. The van der Waals surface area contributed by atoms with Crippen molar-refractivity contribution in [3.63, 3.8) is 0 Å². The third-order valence-electron chi connectivity index (χ3n) is 4.91. The molecule has 2 heterocycles. The summed E-state index contributed by atoms with van der Waals surface area (Å²) in [6.45, 7) is 4.02. The molecule has 2 aromatic rings. The number of carbonyl (C=O) groups excluding carboxylic acids is 2. The Morgan fingerprint density at radius 2 is 1.52 bits per heavy atom. The van der Waals surface area contributed by atoms with Gasteiger partial charge in [-0.05, 0) is 26.8 Å². The molecule has 0 bridgehead atoms. The lowest BCUT2D eigenvalue weighted by Crippen LogP contribution is -2.39. The van der Waals surface area contributed by atoms with E-state index in [1.54, 1.807) is 12.1 Å². The van der Waals surface area contributed by atoms with Gasteiger partial charge in [0.1, 0.15) is 0 Å². The summed E-state index contributed by atoms with van der Waals surface area (Å²) in [5.41, 5.74) is -3.11. The number of rotatable bonds is 2. The fourth-order valence-electron chi connectivity index (χ4n) is 3.49. The minimum atomic E-state index is -6.00. The van der Waals surface area contributed by atoms with Crippen LogP contribution in [0.3, 0.4) is 0 Å². The van der Waals surface area contributed by atoms with E-state index in [-0.39, 0.29) is 16.7 Å². The van der Waals surface area contributed by atoms with E-state index in [1.165, 1.54) is 44.5 Å². The fraction of sp³-hybridized carbons (Fsp3) is 0.300. The van der Waals surface area contributed by atoms with Crippen LogP contribution < -0.4 is 0 Å². The number of ether oxygens (including phenoxy) is 1. The summed E-state index contributed by atoms with van der Waals surface area (Å²) < 4.78 is 76.0. The van der Waals surface area contributed by atoms with E-state index in [1.807, 2.05) is 0 Å². The Kier molecular flexibility index (Phi) is 4.68. The quantitative estimate of drug-likeness (QED) is 0.306. The molecule has 0 spiro atoms. The van der Waals surface area contributed by atoms with Gasteiger partial charge >= 0.3 is 24.0 Å². The summed E-state index contributed by atoms with van der Waals surface area (Å²) >= 11 is 0. The van der Waals surface area contributed by atoms with E-state index in [9.17, 15) is 31.5 Å². The van der Waals surface area contributed by atoms with Crippen molar-refractivity contribution in [1.82, 2.24) is 4.57 Å². The van der Waals surface area contributed by atoms with Gasteiger partial charge in [0, 0.05) is 29.2 Å². The summed E-state index contributed by atoms with van der Waals surface area (Å²) in [5.74, 6) is -8.20. The predicted molar refractivity (Wildman–Crippen MR) is 95.1 cm³/mol. The van der Waals surface area contributed by atoms with E-state index in [4.69, 9.17) is 0 Å². The molecule has 0 unspecified atom stereocenters. The van der Waals surface area contributed by atoms with Gasteiger partial charge in [-0.2, -0.15) is 22.0 Å². The molecule has 1 aliphatic rings. The zero-order valence-electron chi connectivity index (χ0n) is 15.9. The standard InChI is InChI=1S/C20H16F5NO3/c1-9(2)13-15(18(28)29-17(13)27)16(19(21,22)20(23,24)25)14-10(3)26(4)12-8-6-5-7-11(12)14/h5-8H,1-4H3/b16-15+. The summed E-state index contributed by atoms with van der Waals surface area (Å²) in [5, 5.41) is 0.0965. The number of halogens is 5. The van der Waals surface area contributed by atoms with Crippen molar-refractivity contribution in [1.29, 1.82) is 0 Å². The van der Waals surface area contributed by atoms with Gasteiger partial charge in [-0.3, -0.25) is 0 Å². The van der Waals surface area contributed by atoms with Gasteiger partial charge in [0.25, 0.3) is 0 Å². The van der Waals surface area contributed by atoms with E-state index < -0.39 is 46.3 Å². The molecular weight excluding hydrogens is 397 g/mol. The number of hydrogen-bond donors (Lipinski definition) is 0. The first-order valence-corrected chi connectivity index (χ1v) is 8.48. The van der Waals surface area contributed by atoms with Crippen molar-refractivity contribution in [2.45, 2.75) is 32.9 Å². The topological polar surface area (TPSA) is 48.3 Å². The van der Waals surface area contributed by atoms with Crippen molar-refractivity contribution in [2.75, 3.05) is 0 Å². The Balaban J connectivity index is 2.59. The van der Waals surface area contributed by atoms with E-state index in [0.717, 1.165) is 0 Å². The molecule has 1 aromatic carbocycles. The molecule has 154 valence electrons. The van der Waals surface area contributed by atoms with Gasteiger partial charge < -0.3 is 9.30 Å². The molecule has 29 heavy (non-hydrogen) atoms. The maximum Gasteiger partial charge on any atom is 0.458 e. The number of esters is 2. The SMILES string of the molecule is CC(C)=C1C(=O)OC(=O)/C1=C(\c1c(C)n(C)c2ccccc12)C(F)(F)C(F)(F)F. The molecule has 1 fully saturated rings. The van der Waals surface area contributed by atoms with Crippen molar-refractivity contribution in [3.05, 3.63) is 52.2 Å². The summed E-state index contributed by atoms with van der Waals surface area (Å²) in [4.78, 5) is 24.3. The second kappa shape index (κ2) is 6.53. The summed E-state index contributed by atoms with van der Waals surface area (Å²) in [6.07, 6.45) is -6.00. The first-order valence-electron chi connectivity index (χ1n) is 8.48. The number of para-hydroxylation sites is 1. The smallest absolute Gasteiger partial charge is 0.386 e. The van der Waals surface area contributed by atoms with Gasteiger partial charge in [-0.15, -0.1) is 0 Å². The lowest BCUT2D eigenvalue weighted by Gasteiger charge is -2.24. The van der Waals surface area contributed by atoms with E-state index in [2.05, 4.69) is 4.74 Å². The number of carbonyl (C=O) groups is 2. The van der Waals surface area contributed by atoms with Crippen LogP contribution >= 0.6 is 0 Å². The molecule has 0 atom stereocenters. The van der Waals surface area contributed by atoms with Crippen LogP contribution in [0.2, 0.25) is 0 Å². The Bertz CT molecular complexity index is 1120. The molecule has 0 radical (unpaired) electrons. The van der Waals surface area contributed by atoms with Crippen LogP contribution in [0.25, 0.3) is 16.5 Å². The lowest BCUT2D eigenvalue weighted by molar-refractivity contribution is -0.254. The maximum absolute atomic E-state index is 14.9. The van der Waals surface area contributed by atoms with Gasteiger partial charge in [0.05, 0.1) is 16.7 Å². The Hall–Kier alpha value is -2.97. The number of aromatic nitrogens is 1. The highest BCUT2D eigenvalue weighted by molar-refractivity contribution is 6.23. The zero-order valence-corrected chi connectivity index (χ0v) is 15.9. The van der Waals surface area contributed by atoms with Crippen LogP contribution in [0, 0.1) is 6.92 Å². The predicted octanol–water partition coefficient (Wildman–Crippen LogP) is 4.86.